The Labute approximate surface area is 158 Å². The van der Waals surface area contributed by atoms with Crippen LogP contribution in [0.5, 0.6) is 0 Å². The van der Waals surface area contributed by atoms with E-state index in [1.807, 2.05) is 37.3 Å². The van der Waals surface area contributed by atoms with Gasteiger partial charge < -0.3 is 10.6 Å². The maximum absolute atomic E-state index is 12.3. The Morgan fingerprint density at radius 2 is 1.31 bits per heavy atom. The number of carbonyl (C=O) groups is 2. The zero-order valence-electron chi connectivity index (χ0n) is 16.1. The molecule has 0 spiro atoms. The van der Waals surface area contributed by atoms with Gasteiger partial charge in [-0.1, -0.05) is 88.1 Å². The summed E-state index contributed by atoms with van der Waals surface area (Å²) in [4.78, 5) is 24.6. The minimum Gasteiger partial charge on any atom is -0.345 e. The first kappa shape index (κ1) is 20.5. The number of hydrogen-bond donors (Lipinski definition) is 2. The molecule has 0 radical (unpaired) electrons. The Hall–Kier alpha value is -1.84. The monoisotopic (exact) mass is 358 g/mol. The molecule has 1 aliphatic carbocycles. The summed E-state index contributed by atoms with van der Waals surface area (Å²) in [6.45, 7) is 1.90. The third kappa shape index (κ3) is 7.59. The lowest BCUT2D eigenvalue weighted by molar-refractivity contribution is -0.140. The van der Waals surface area contributed by atoms with E-state index in [9.17, 15) is 9.59 Å². The summed E-state index contributed by atoms with van der Waals surface area (Å²) < 4.78 is 0. The number of amides is 2. The molecular formula is C22H34N2O2. The van der Waals surface area contributed by atoms with E-state index in [1.54, 1.807) is 0 Å². The van der Waals surface area contributed by atoms with E-state index in [1.165, 1.54) is 44.9 Å². The molecule has 0 saturated heterocycles. The maximum Gasteiger partial charge on any atom is 0.309 e. The first-order valence-electron chi connectivity index (χ1n) is 10.3. The van der Waals surface area contributed by atoms with Gasteiger partial charge in [-0.2, -0.15) is 0 Å². The van der Waals surface area contributed by atoms with Crippen LogP contribution in [0.3, 0.4) is 0 Å². The molecule has 1 aromatic rings. The van der Waals surface area contributed by atoms with Crippen molar-refractivity contribution in [2.24, 2.45) is 0 Å². The lowest BCUT2D eigenvalue weighted by Gasteiger charge is -2.20. The van der Waals surface area contributed by atoms with Crippen molar-refractivity contribution >= 4 is 11.8 Å². The van der Waals surface area contributed by atoms with Crippen LogP contribution in [0.1, 0.15) is 89.2 Å². The normalized spacial score (nSPS) is 18.8. The number of hydrogen-bond acceptors (Lipinski definition) is 2. The van der Waals surface area contributed by atoms with Gasteiger partial charge in [-0.3, -0.25) is 9.59 Å². The molecule has 144 valence electrons. The van der Waals surface area contributed by atoms with Gasteiger partial charge in [0.05, 0.1) is 6.04 Å². The molecule has 2 amide bonds. The van der Waals surface area contributed by atoms with Crippen molar-refractivity contribution < 1.29 is 9.59 Å². The minimum absolute atomic E-state index is 0.125. The molecule has 0 aromatic heterocycles. The highest BCUT2D eigenvalue weighted by atomic mass is 16.2. The quantitative estimate of drug-likeness (QED) is 0.773. The molecule has 1 fully saturated rings. The Kier molecular flexibility index (Phi) is 9.22. The van der Waals surface area contributed by atoms with Crippen molar-refractivity contribution in [3.63, 3.8) is 0 Å². The topological polar surface area (TPSA) is 58.2 Å². The van der Waals surface area contributed by atoms with Crippen LogP contribution in [0, 0.1) is 0 Å². The van der Waals surface area contributed by atoms with Gasteiger partial charge in [-0.25, -0.2) is 0 Å². The van der Waals surface area contributed by atoms with E-state index >= 15 is 0 Å². The Morgan fingerprint density at radius 3 is 1.85 bits per heavy atom. The summed E-state index contributed by atoms with van der Waals surface area (Å²) in [5.74, 6) is -1.03. The van der Waals surface area contributed by atoms with Crippen LogP contribution in [-0.2, 0) is 9.59 Å². The summed E-state index contributed by atoms with van der Waals surface area (Å²) in [6, 6.07) is 9.66. The molecule has 26 heavy (non-hydrogen) atoms. The molecule has 1 atom stereocenters. The fourth-order valence-electron chi connectivity index (χ4n) is 3.65. The first-order valence-corrected chi connectivity index (χ1v) is 10.3. The number of nitrogens with one attached hydrogen (secondary N) is 2. The van der Waals surface area contributed by atoms with Crippen molar-refractivity contribution in [2.75, 3.05) is 0 Å². The lowest BCUT2D eigenvalue weighted by atomic mass is 9.98. The summed E-state index contributed by atoms with van der Waals surface area (Å²) in [7, 11) is 0. The van der Waals surface area contributed by atoms with Gasteiger partial charge in [0.1, 0.15) is 0 Å². The van der Waals surface area contributed by atoms with Crippen LogP contribution in [0.2, 0.25) is 0 Å². The van der Waals surface area contributed by atoms with E-state index in [0.29, 0.717) is 0 Å². The molecule has 0 bridgehead atoms. The van der Waals surface area contributed by atoms with Gasteiger partial charge in [0, 0.05) is 6.04 Å². The standard InChI is InChI=1S/C22H34N2O2/c1-18(19-14-10-9-11-15-19)23-21(25)22(26)24-20-16-12-7-5-3-2-4-6-8-13-17-20/h9-11,14-15,18,20H,2-8,12-13,16-17H2,1H3,(H,23,25)(H,24,26). The molecule has 2 rings (SSSR count). The first-order chi connectivity index (χ1) is 12.7. The molecule has 1 unspecified atom stereocenters. The maximum atomic E-state index is 12.3. The molecule has 2 N–H and O–H groups in total. The predicted molar refractivity (Wildman–Crippen MR) is 106 cm³/mol. The molecule has 1 saturated carbocycles. The lowest BCUT2D eigenvalue weighted by Crippen LogP contribution is -2.45. The van der Waals surface area contributed by atoms with E-state index < -0.39 is 11.8 Å². The van der Waals surface area contributed by atoms with Crippen LogP contribution in [0.15, 0.2) is 30.3 Å². The summed E-state index contributed by atoms with van der Waals surface area (Å²) >= 11 is 0. The van der Waals surface area contributed by atoms with E-state index in [-0.39, 0.29) is 12.1 Å². The highest BCUT2D eigenvalue weighted by Gasteiger charge is 2.20. The van der Waals surface area contributed by atoms with Crippen molar-refractivity contribution in [3.05, 3.63) is 35.9 Å². The summed E-state index contributed by atoms with van der Waals surface area (Å²) in [6.07, 6.45) is 13.3. The third-order valence-electron chi connectivity index (χ3n) is 5.29. The Bertz CT molecular complexity index is 532. The average Bonchev–Trinajstić information content (AvgIpc) is 2.64. The zero-order chi connectivity index (χ0) is 18.6. The van der Waals surface area contributed by atoms with Crippen molar-refractivity contribution in [2.45, 2.75) is 89.6 Å². The van der Waals surface area contributed by atoms with Crippen molar-refractivity contribution in [1.29, 1.82) is 0 Å². The fourth-order valence-corrected chi connectivity index (χ4v) is 3.65. The van der Waals surface area contributed by atoms with Gasteiger partial charge >= 0.3 is 11.8 Å². The van der Waals surface area contributed by atoms with Gasteiger partial charge in [-0.05, 0) is 25.3 Å². The second kappa shape index (κ2) is 11.7. The van der Waals surface area contributed by atoms with Crippen LogP contribution in [-0.4, -0.2) is 17.9 Å². The number of rotatable bonds is 3. The van der Waals surface area contributed by atoms with Gasteiger partial charge in [-0.15, -0.1) is 0 Å². The SMILES string of the molecule is CC(NC(=O)C(=O)NC1CCCCCCCCCCC1)c1ccccc1. The van der Waals surface area contributed by atoms with Gasteiger partial charge in [0.2, 0.25) is 0 Å². The smallest absolute Gasteiger partial charge is 0.309 e. The predicted octanol–water partition coefficient (Wildman–Crippen LogP) is 4.65. The second-order valence-corrected chi connectivity index (χ2v) is 7.54. The minimum atomic E-state index is -0.535. The number of carbonyl (C=O) groups excluding carboxylic acids is 2. The van der Waals surface area contributed by atoms with E-state index in [4.69, 9.17) is 0 Å². The van der Waals surface area contributed by atoms with Crippen LogP contribution in [0.4, 0.5) is 0 Å². The van der Waals surface area contributed by atoms with E-state index in [0.717, 1.165) is 31.2 Å². The van der Waals surface area contributed by atoms with E-state index in [2.05, 4.69) is 10.6 Å². The zero-order valence-corrected chi connectivity index (χ0v) is 16.1. The van der Waals surface area contributed by atoms with Gasteiger partial charge in [0.25, 0.3) is 0 Å². The molecule has 0 aliphatic heterocycles. The average molecular weight is 359 g/mol. The molecule has 0 heterocycles. The highest BCUT2D eigenvalue weighted by Crippen LogP contribution is 2.17. The molecular weight excluding hydrogens is 324 g/mol. The number of benzene rings is 1. The Balaban J connectivity index is 1.81. The summed E-state index contributed by atoms with van der Waals surface area (Å²) in [5.41, 5.74) is 1.000. The van der Waals surface area contributed by atoms with Gasteiger partial charge in [0.15, 0.2) is 0 Å². The fraction of sp³-hybridized carbons (Fsp3) is 0.636. The van der Waals surface area contributed by atoms with Crippen molar-refractivity contribution in [3.8, 4) is 0 Å². The van der Waals surface area contributed by atoms with Crippen LogP contribution < -0.4 is 10.6 Å². The largest absolute Gasteiger partial charge is 0.345 e. The molecule has 4 heteroatoms. The molecule has 1 aromatic carbocycles. The summed E-state index contributed by atoms with van der Waals surface area (Å²) in [5, 5.41) is 5.78. The van der Waals surface area contributed by atoms with Crippen molar-refractivity contribution in [1.82, 2.24) is 10.6 Å². The molecule has 4 nitrogen and oxygen atoms in total. The van der Waals surface area contributed by atoms with Crippen LogP contribution in [0.25, 0.3) is 0 Å². The molecule has 1 aliphatic rings. The second-order valence-electron chi connectivity index (χ2n) is 7.54. The Morgan fingerprint density at radius 1 is 0.808 bits per heavy atom. The van der Waals surface area contributed by atoms with Crippen LogP contribution >= 0.6 is 0 Å². The highest BCUT2D eigenvalue weighted by molar-refractivity contribution is 6.35. The third-order valence-corrected chi connectivity index (χ3v) is 5.29.